The molecule has 0 N–H and O–H groups in total. The number of fused-ring (bicyclic) bond motifs is 6. The normalized spacial score (nSPS) is 12.3. The van der Waals surface area contributed by atoms with Crippen LogP contribution in [0.1, 0.15) is 26.3 Å². The van der Waals surface area contributed by atoms with Gasteiger partial charge >= 0.3 is 0 Å². The average molecular weight is 614 g/mol. The molecule has 5 heteroatoms. The van der Waals surface area contributed by atoms with E-state index in [2.05, 4.69) is 134 Å². The molecule has 0 saturated carbocycles. The number of halogens is 1. The second kappa shape index (κ2) is 9.84. The molecule has 2 aromatic heterocycles. The summed E-state index contributed by atoms with van der Waals surface area (Å²) in [6.45, 7) is 6.72. The van der Waals surface area contributed by atoms with Crippen molar-refractivity contribution in [3.63, 3.8) is 0 Å². The monoisotopic (exact) mass is 613 g/mol. The molecule has 0 spiro atoms. The Morgan fingerprint density at radius 3 is 1.98 bits per heavy atom. The molecule has 0 atom stereocenters. The van der Waals surface area contributed by atoms with E-state index in [9.17, 15) is 0 Å². The maximum absolute atomic E-state index is 6.52. The second-order valence-electron chi connectivity index (χ2n) is 13.1. The van der Waals surface area contributed by atoms with Crippen molar-refractivity contribution in [1.29, 1.82) is 0 Å². The summed E-state index contributed by atoms with van der Waals surface area (Å²) in [5, 5.41) is 4.79. The molecule has 0 radical (unpaired) electrons. The maximum atomic E-state index is 6.52. The van der Waals surface area contributed by atoms with Crippen molar-refractivity contribution < 1.29 is 4.42 Å². The molecule has 1 aliphatic carbocycles. The molecule has 46 heavy (non-hydrogen) atoms. The number of benzene rings is 6. The van der Waals surface area contributed by atoms with E-state index in [1.807, 2.05) is 12.1 Å². The Balaban J connectivity index is 1.10. The summed E-state index contributed by atoms with van der Waals surface area (Å²) >= 11 is 6.52. The third-order valence-electron chi connectivity index (χ3n) is 9.16. The third-order valence-corrected chi connectivity index (χ3v) is 9.33. The highest BCUT2D eigenvalue weighted by Gasteiger charge is 2.22. The van der Waals surface area contributed by atoms with Crippen molar-refractivity contribution in [3.05, 3.63) is 126 Å². The van der Waals surface area contributed by atoms with E-state index < -0.39 is 0 Å². The lowest BCUT2D eigenvalue weighted by molar-refractivity contribution is 0.590. The van der Waals surface area contributed by atoms with E-state index >= 15 is 0 Å². The molecule has 0 bridgehead atoms. The van der Waals surface area contributed by atoms with Crippen LogP contribution >= 0.6 is 11.6 Å². The van der Waals surface area contributed by atoms with Crippen LogP contribution in [0.25, 0.3) is 88.9 Å². The first-order valence-electron chi connectivity index (χ1n) is 15.5. The number of furan rings is 1. The van der Waals surface area contributed by atoms with Crippen LogP contribution in [0.5, 0.6) is 0 Å². The molecule has 0 saturated heterocycles. The summed E-state index contributed by atoms with van der Waals surface area (Å²) in [4.78, 5) is 13.9. The van der Waals surface area contributed by atoms with Gasteiger partial charge in [0.1, 0.15) is 11.2 Å². The SMILES string of the molecule is CC(C)(C)c1cccc(-c2ccc3oc4cc(-c5nc(Cl)nc(-c6ccc7c(c6)-c6cccc8cccc-7c68)n5)ccc4c3c2)c1. The van der Waals surface area contributed by atoms with Crippen LogP contribution < -0.4 is 0 Å². The van der Waals surface area contributed by atoms with Crippen LogP contribution in [0.4, 0.5) is 0 Å². The fraction of sp³-hybridized carbons (Fsp3) is 0.0976. The Kier molecular flexibility index (Phi) is 5.78. The van der Waals surface area contributed by atoms with Gasteiger partial charge in [-0.25, -0.2) is 4.98 Å². The zero-order valence-corrected chi connectivity index (χ0v) is 26.4. The Bertz CT molecular complexity index is 2530. The van der Waals surface area contributed by atoms with Gasteiger partial charge in [0.15, 0.2) is 11.6 Å². The minimum atomic E-state index is 0.0810. The highest BCUT2D eigenvalue weighted by atomic mass is 35.5. The van der Waals surface area contributed by atoms with Crippen molar-refractivity contribution in [3.8, 4) is 56.2 Å². The predicted octanol–water partition coefficient (Wildman–Crippen LogP) is 11.5. The molecule has 0 unspecified atom stereocenters. The Hall–Kier alpha value is -5.32. The van der Waals surface area contributed by atoms with Gasteiger partial charge in [-0.3, -0.25) is 0 Å². The number of nitrogens with zero attached hydrogens (tertiary/aromatic N) is 3. The van der Waals surface area contributed by atoms with Gasteiger partial charge in [-0.2, -0.15) is 9.97 Å². The zero-order valence-electron chi connectivity index (χ0n) is 25.6. The molecule has 8 aromatic rings. The lowest BCUT2D eigenvalue weighted by Gasteiger charge is -2.19. The van der Waals surface area contributed by atoms with Crippen molar-refractivity contribution in [2.45, 2.75) is 26.2 Å². The van der Waals surface area contributed by atoms with E-state index in [1.165, 1.54) is 44.2 Å². The third kappa shape index (κ3) is 4.25. The minimum Gasteiger partial charge on any atom is -0.456 e. The Morgan fingerprint density at radius 1 is 0.522 bits per heavy atom. The van der Waals surface area contributed by atoms with Crippen LogP contribution in [0.3, 0.4) is 0 Å². The summed E-state index contributed by atoms with van der Waals surface area (Å²) < 4.78 is 6.33. The fourth-order valence-corrected chi connectivity index (χ4v) is 6.96. The largest absolute Gasteiger partial charge is 0.456 e. The average Bonchev–Trinajstić information content (AvgIpc) is 3.60. The minimum absolute atomic E-state index is 0.0810. The van der Waals surface area contributed by atoms with Gasteiger partial charge in [0.25, 0.3) is 0 Å². The van der Waals surface area contributed by atoms with Gasteiger partial charge < -0.3 is 4.42 Å². The van der Waals surface area contributed by atoms with Crippen LogP contribution in [0, 0.1) is 0 Å². The van der Waals surface area contributed by atoms with Gasteiger partial charge in [0.2, 0.25) is 5.28 Å². The standard InChI is InChI=1S/C41H28ClN3O/c1-41(2,3)28-10-4-9-24(19-28)25-15-18-35-34(20-25)30-17-14-27(22-36(30)46-35)39-43-38(44-40(42)45-39)26-13-16-29-31-11-5-7-23-8-6-12-32(37(23)31)33(29)21-26/h4-22H,1-3H3. The van der Waals surface area contributed by atoms with Gasteiger partial charge in [-0.05, 0) is 97.1 Å². The smallest absolute Gasteiger partial charge is 0.226 e. The zero-order chi connectivity index (χ0) is 31.2. The summed E-state index contributed by atoms with van der Waals surface area (Å²) in [7, 11) is 0. The number of hydrogen-bond acceptors (Lipinski definition) is 4. The van der Waals surface area contributed by atoms with Gasteiger partial charge in [-0.15, -0.1) is 0 Å². The highest BCUT2D eigenvalue weighted by Crippen LogP contribution is 2.48. The number of hydrogen-bond donors (Lipinski definition) is 0. The molecule has 6 aromatic carbocycles. The molecular formula is C41H28ClN3O. The molecular weight excluding hydrogens is 586 g/mol. The van der Waals surface area contributed by atoms with E-state index in [0.717, 1.165) is 38.6 Å². The highest BCUT2D eigenvalue weighted by molar-refractivity contribution is 6.28. The number of rotatable bonds is 3. The molecule has 2 heterocycles. The van der Waals surface area contributed by atoms with Crippen molar-refractivity contribution in [2.75, 3.05) is 0 Å². The first-order chi connectivity index (χ1) is 22.3. The van der Waals surface area contributed by atoms with Crippen molar-refractivity contribution in [1.82, 2.24) is 15.0 Å². The van der Waals surface area contributed by atoms with Gasteiger partial charge in [0, 0.05) is 21.9 Å². The fourth-order valence-electron chi connectivity index (χ4n) is 6.80. The number of aromatic nitrogens is 3. The topological polar surface area (TPSA) is 51.8 Å². The molecule has 1 aliphatic rings. The summed E-state index contributed by atoms with van der Waals surface area (Å²) in [6, 6.07) is 40.6. The van der Waals surface area contributed by atoms with Gasteiger partial charge in [0.05, 0.1) is 0 Å². The lowest BCUT2D eigenvalue weighted by Crippen LogP contribution is -2.10. The van der Waals surface area contributed by atoms with Gasteiger partial charge in [-0.1, -0.05) is 106 Å². The van der Waals surface area contributed by atoms with E-state index in [4.69, 9.17) is 21.0 Å². The first kappa shape index (κ1) is 27.0. The predicted molar refractivity (Wildman–Crippen MR) is 189 cm³/mol. The molecule has 0 aliphatic heterocycles. The lowest BCUT2D eigenvalue weighted by atomic mass is 9.85. The molecule has 220 valence electrons. The molecule has 0 fully saturated rings. The summed E-state index contributed by atoms with van der Waals surface area (Å²) in [6.07, 6.45) is 0. The van der Waals surface area contributed by atoms with E-state index in [0.29, 0.717) is 11.6 Å². The van der Waals surface area contributed by atoms with E-state index in [-0.39, 0.29) is 10.7 Å². The Labute approximate surface area is 271 Å². The maximum Gasteiger partial charge on any atom is 0.226 e. The van der Waals surface area contributed by atoms with Crippen LogP contribution in [0.15, 0.2) is 120 Å². The van der Waals surface area contributed by atoms with Crippen LogP contribution in [-0.2, 0) is 5.41 Å². The molecule has 9 rings (SSSR count). The van der Waals surface area contributed by atoms with Crippen LogP contribution in [0.2, 0.25) is 5.28 Å². The van der Waals surface area contributed by atoms with Crippen LogP contribution in [-0.4, -0.2) is 15.0 Å². The van der Waals surface area contributed by atoms with Crippen molar-refractivity contribution >= 4 is 44.3 Å². The first-order valence-corrected chi connectivity index (χ1v) is 15.8. The Morgan fingerprint density at radius 2 is 1.20 bits per heavy atom. The van der Waals surface area contributed by atoms with Crippen molar-refractivity contribution in [2.24, 2.45) is 0 Å². The second-order valence-corrected chi connectivity index (χ2v) is 13.4. The molecule has 0 amide bonds. The van der Waals surface area contributed by atoms with E-state index in [1.54, 1.807) is 0 Å². The molecule has 4 nitrogen and oxygen atoms in total. The summed E-state index contributed by atoms with van der Waals surface area (Å²) in [5.74, 6) is 1.04. The summed E-state index contributed by atoms with van der Waals surface area (Å²) in [5.41, 5.74) is 11.9. The quantitative estimate of drug-likeness (QED) is 0.199.